The molecule has 0 saturated carbocycles. The Hall–Kier alpha value is -5.15. The number of fused-ring (bicyclic) bond motifs is 1. The van der Waals surface area contributed by atoms with E-state index in [4.69, 9.17) is 4.84 Å². The molecule has 9 heteroatoms. The van der Waals surface area contributed by atoms with E-state index in [0.29, 0.717) is 18.4 Å². The predicted molar refractivity (Wildman–Crippen MR) is 179 cm³/mol. The zero-order valence-electron chi connectivity index (χ0n) is 26.1. The molecular formula is C37H40N4O5. The van der Waals surface area contributed by atoms with Crippen molar-refractivity contribution in [2.75, 3.05) is 10.6 Å². The fourth-order valence-corrected chi connectivity index (χ4v) is 5.93. The fraction of sp³-hybridized carbons (Fsp3) is 0.270. The molecule has 0 radical (unpaired) electrons. The second-order valence-corrected chi connectivity index (χ2v) is 11.8. The van der Waals surface area contributed by atoms with Crippen molar-refractivity contribution < 1.29 is 24.3 Å². The molecule has 0 aliphatic carbocycles. The van der Waals surface area contributed by atoms with Crippen LogP contribution < -0.4 is 21.4 Å². The molecule has 4 aromatic rings. The monoisotopic (exact) mass is 620 g/mol. The lowest BCUT2D eigenvalue weighted by Crippen LogP contribution is -2.44. The predicted octanol–water partition coefficient (Wildman–Crippen LogP) is 6.25. The molecule has 238 valence electrons. The van der Waals surface area contributed by atoms with Crippen LogP contribution in [-0.4, -0.2) is 34.6 Å². The van der Waals surface area contributed by atoms with Gasteiger partial charge in [-0.15, -0.1) is 0 Å². The number of carbonyl (C=O) groups excluding carboxylic acids is 2. The molecule has 0 fully saturated rings. The van der Waals surface area contributed by atoms with Gasteiger partial charge in [0.1, 0.15) is 5.66 Å². The second-order valence-electron chi connectivity index (χ2n) is 11.8. The summed E-state index contributed by atoms with van der Waals surface area (Å²) in [6.45, 7) is 4.32. The minimum absolute atomic E-state index is 0.0411. The zero-order chi connectivity index (χ0) is 32.5. The Morgan fingerprint density at radius 1 is 0.848 bits per heavy atom. The van der Waals surface area contributed by atoms with Crippen LogP contribution in [0.2, 0.25) is 0 Å². The highest BCUT2D eigenvalue weighted by atomic mass is 16.6. The molecule has 0 aromatic heterocycles. The molecule has 1 unspecified atom stereocenters. The van der Waals surface area contributed by atoms with Crippen LogP contribution in [0.25, 0.3) is 0 Å². The number of aromatic carboxylic acids is 1. The summed E-state index contributed by atoms with van der Waals surface area (Å²) in [5, 5.41) is 19.7. The summed E-state index contributed by atoms with van der Waals surface area (Å²) in [5.41, 5.74) is 8.37. The normalized spacial score (nSPS) is 15.6. The minimum atomic E-state index is -0.955. The number of hydrogen-bond donors (Lipinski definition) is 5. The van der Waals surface area contributed by atoms with E-state index >= 15 is 0 Å². The van der Waals surface area contributed by atoms with Crippen molar-refractivity contribution in [3.8, 4) is 0 Å². The summed E-state index contributed by atoms with van der Waals surface area (Å²) in [7, 11) is 0. The SMILES string of the molecule is CCCC1(Cc2ccc(C(=O)O)cc2)Nc2cc(C(=O)N[C@@H](CC(=O)NOCc3ccccc3)Cc3ccccc3)cc(C)c2N1. The topological polar surface area (TPSA) is 129 Å². The highest BCUT2D eigenvalue weighted by molar-refractivity contribution is 5.98. The first-order chi connectivity index (χ1) is 22.2. The maximum absolute atomic E-state index is 13.7. The van der Waals surface area contributed by atoms with Gasteiger partial charge in [0.2, 0.25) is 5.91 Å². The van der Waals surface area contributed by atoms with Crippen LogP contribution in [0.1, 0.15) is 69.2 Å². The Labute approximate surface area is 269 Å². The number of amides is 2. The fourth-order valence-electron chi connectivity index (χ4n) is 5.93. The summed E-state index contributed by atoms with van der Waals surface area (Å²) < 4.78 is 0. The third kappa shape index (κ3) is 8.31. The summed E-state index contributed by atoms with van der Waals surface area (Å²) in [6, 6.07) is 29.5. The van der Waals surface area contributed by atoms with Crippen LogP contribution in [0, 0.1) is 6.92 Å². The second kappa shape index (κ2) is 14.8. The minimum Gasteiger partial charge on any atom is -0.478 e. The van der Waals surface area contributed by atoms with Crippen molar-refractivity contribution in [2.45, 2.75) is 64.3 Å². The number of nitrogens with one attached hydrogen (secondary N) is 4. The van der Waals surface area contributed by atoms with E-state index in [1.807, 2.05) is 91.9 Å². The molecule has 1 heterocycles. The molecule has 0 spiro atoms. The van der Waals surface area contributed by atoms with Crippen LogP contribution >= 0.6 is 0 Å². The van der Waals surface area contributed by atoms with E-state index in [0.717, 1.165) is 46.5 Å². The molecule has 1 aliphatic rings. The number of aryl methyl sites for hydroxylation is 1. The van der Waals surface area contributed by atoms with Gasteiger partial charge in [-0.1, -0.05) is 86.1 Å². The molecule has 9 nitrogen and oxygen atoms in total. The number of anilines is 2. The van der Waals surface area contributed by atoms with Crippen molar-refractivity contribution in [3.05, 3.63) is 130 Å². The van der Waals surface area contributed by atoms with Crippen molar-refractivity contribution in [2.24, 2.45) is 0 Å². The number of carboxylic acids is 1. The number of carboxylic acid groups (broad SMARTS) is 1. The number of rotatable bonds is 14. The van der Waals surface area contributed by atoms with Gasteiger partial charge in [-0.25, -0.2) is 10.3 Å². The van der Waals surface area contributed by atoms with Gasteiger partial charge in [0, 0.05) is 24.4 Å². The van der Waals surface area contributed by atoms with Gasteiger partial charge < -0.3 is 21.1 Å². The first-order valence-corrected chi connectivity index (χ1v) is 15.6. The third-order valence-electron chi connectivity index (χ3n) is 8.08. The van der Waals surface area contributed by atoms with Crippen LogP contribution in [-0.2, 0) is 29.1 Å². The van der Waals surface area contributed by atoms with Gasteiger partial charge in [-0.3, -0.25) is 14.4 Å². The Morgan fingerprint density at radius 2 is 1.52 bits per heavy atom. The Bertz CT molecular complexity index is 1660. The highest BCUT2D eigenvalue weighted by Gasteiger charge is 2.37. The van der Waals surface area contributed by atoms with Gasteiger partial charge in [-0.05, 0) is 66.3 Å². The Morgan fingerprint density at radius 3 is 2.17 bits per heavy atom. The van der Waals surface area contributed by atoms with Crippen LogP contribution in [0.15, 0.2) is 97.1 Å². The molecule has 4 aromatic carbocycles. The van der Waals surface area contributed by atoms with E-state index < -0.39 is 17.7 Å². The number of hydroxylamine groups is 1. The highest BCUT2D eigenvalue weighted by Crippen LogP contribution is 2.41. The Balaban J connectivity index is 1.28. The number of benzene rings is 4. The maximum atomic E-state index is 13.7. The maximum Gasteiger partial charge on any atom is 0.335 e. The summed E-state index contributed by atoms with van der Waals surface area (Å²) in [5.74, 6) is -1.55. The molecule has 0 bridgehead atoms. The Kier molecular flexibility index (Phi) is 10.3. The molecule has 1 aliphatic heterocycles. The number of hydrogen-bond acceptors (Lipinski definition) is 6. The molecule has 5 rings (SSSR count). The van der Waals surface area contributed by atoms with Gasteiger partial charge >= 0.3 is 5.97 Å². The van der Waals surface area contributed by atoms with E-state index in [1.165, 1.54) is 0 Å². The molecular weight excluding hydrogens is 580 g/mol. The van der Waals surface area contributed by atoms with E-state index in [9.17, 15) is 19.5 Å². The van der Waals surface area contributed by atoms with E-state index in [-0.39, 0.29) is 30.4 Å². The van der Waals surface area contributed by atoms with Crippen molar-refractivity contribution in [1.82, 2.24) is 10.8 Å². The van der Waals surface area contributed by atoms with Crippen LogP contribution in [0.4, 0.5) is 11.4 Å². The molecule has 2 amide bonds. The molecule has 2 atom stereocenters. The number of carbonyl (C=O) groups is 3. The van der Waals surface area contributed by atoms with E-state index in [2.05, 4.69) is 28.4 Å². The average molecular weight is 621 g/mol. The standard InChI is InChI=1S/C37H40N4O5/c1-3-18-37(23-27-14-16-29(17-15-27)36(44)45)39-32-21-30(19-25(2)34(32)40-37)35(43)38-31(20-26-10-6-4-7-11-26)22-33(42)41-46-24-28-12-8-5-9-13-28/h4-17,19,21,31,39-40H,3,18,20,22-24H2,1-2H3,(H,38,43)(H,41,42)(H,44,45)/t31-,37?/m1/s1. The average Bonchev–Trinajstić information content (AvgIpc) is 3.40. The molecule has 0 saturated heterocycles. The quantitative estimate of drug-likeness (QED) is 0.105. The van der Waals surface area contributed by atoms with E-state index in [1.54, 1.807) is 12.1 Å². The summed E-state index contributed by atoms with van der Waals surface area (Å²) >= 11 is 0. The van der Waals surface area contributed by atoms with Crippen molar-refractivity contribution in [1.29, 1.82) is 0 Å². The molecule has 5 N–H and O–H groups in total. The zero-order valence-corrected chi connectivity index (χ0v) is 26.1. The third-order valence-corrected chi connectivity index (χ3v) is 8.08. The first kappa shape index (κ1) is 32.2. The van der Waals surface area contributed by atoms with Crippen LogP contribution in [0.5, 0.6) is 0 Å². The van der Waals surface area contributed by atoms with Gasteiger partial charge in [0.15, 0.2) is 0 Å². The summed E-state index contributed by atoms with van der Waals surface area (Å²) in [6.07, 6.45) is 2.86. The van der Waals surface area contributed by atoms with Gasteiger partial charge in [0.05, 0.1) is 23.5 Å². The molecule has 46 heavy (non-hydrogen) atoms. The van der Waals surface area contributed by atoms with Gasteiger partial charge in [-0.2, -0.15) is 0 Å². The van der Waals surface area contributed by atoms with Crippen molar-refractivity contribution in [3.63, 3.8) is 0 Å². The van der Waals surface area contributed by atoms with Crippen LogP contribution in [0.3, 0.4) is 0 Å². The smallest absolute Gasteiger partial charge is 0.335 e. The first-order valence-electron chi connectivity index (χ1n) is 15.6. The van der Waals surface area contributed by atoms with Crippen molar-refractivity contribution >= 4 is 29.2 Å². The lowest BCUT2D eigenvalue weighted by atomic mass is 9.95. The lowest BCUT2D eigenvalue weighted by molar-refractivity contribution is -0.135. The lowest BCUT2D eigenvalue weighted by Gasteiger charge is -2.31. The summed E-state index contributed by atoms with van der Waals surface area (Å²) in [4.78, 5) is 43.3. The largest absolute Gasteiger partial charge is 0.478 e. The van der Waals surface area contributed by atoms with Gasteiger partial charge in [0.25, 0.3) is 5.91 Å².